The van der Waals surface area contributed by atoms with Crippen molar-refractivity contribution in [2.24, 2.45) is 9.98 Å². The molecule has 1 saturated heterocycles. The van der Waals surface area contributed by atoms with Gasteiger partial charge in [-0.05, 0) is 38.1 Å². The van der Waals surface area contributed by atoms with Crippen LogP contribution in [0.25, 0.3) is 0 Å². The summed E-state index contributed by atoms with van der Waals surface area (Å²) >= 11 is 0. The first-order valence-electron chi connectivity index (χ1n) is 9.36. The van der Waals surface area contributed by atoms with Crippen LogP contribution in [-0.4, -0.2) is 79.6 Å². The van der Waals surface area contributed by atoms with Gasteiger partial charge in [-0.1, -0.05) is 6.42 Å². The quantitative estimate of drug-likeness (QED) is 0.837. The minimum absolute atomic E-state index is 0.239. The van der Waals surface area contributed by atoms with Crippen molar-refractivity contribution in [3.8, 4) is 11.5 Å². The highest BCUT2D eigenvalue weighted by molar-refractivity contribution is 6.12. The molecule has 3 aliphatic heterocycles. The zero-order valence-corrected chi connectivity index (χ0v) is 15.2. The number of piperidine rings is 1. The summed E-state index contributed by atoms with van der Waals surface area (Å²) in [7, 11) is 1.62. The van der Waals surface area contributed by atoms with Crippen LogP contribution < -0.4 is 9.47 Å². The van der Waals surface area contributed by atoms with Crippen molar-refractivity contribution in [2.45, 2.75) is 25.4 Å². The summed E-state index contributed by atoms with van der Waals surface area (Å²) in [5, 5.41) is 10.3. The molecule has 0 radical (unpaired) electrons. The van der Waals surface area contributed by atoms with Gasteiger partial charge in [0.25, 0.3) is 0 Å². The van der Waals surface area contributed by atoms with Crippen LogP contribution in [0.2, 0.25) is 0 Å². The summed E-state index contributed by atoms with van der Waals surface area (Å²) in [6, 6.07) is 3.85. The lowest BCUT2D eigenvalue weighted by Gasteiger charge is -2.28. The standard InChI is InChI=1S/C19H26N4O3/c1-25-18-16(26-12-14(24)11-22-8-3-2-4-9-22)6-5-15-17(18)21-13-23-10-7-20-19(15)23/h5-6,13-14,24H,2-4,7-12H2,1H3/t14-/m1/s1. The number of hydrogen-bond acceptors (Lipinski definition) is 7. The number of aliphatic hydroxyl groups excluding tert-OH is 1. The van der Waals surface area contributed by atoms with E-state index in [1.54, 1.807) is 13.4 Å². The number of nitrogens with zero attached hydrogens (tertiary/aromatic N) is 4. The van der Waals surface area contributed by atoms with E-state index in [0.29, 0.717) is 18.0 Å². The molecule has 1 N–H and O–H groups in total. The maximum Gasteiger partial charge on any atom is 0.187 e. The van der Waals surface area contributed by atoms with Crippen LogP contribution in [0.1, 0.15) is 24.8 Å². The van der Waals surface area contributed by atoms with E-state index in [1.165, 1.54) is 19.3 Å². The van der Waals surface area contributed by atoms with Crippen LogP contribution in [0.5, 0.6) is 11.5 Å². The smallest absolute Gasteiger partial charge is 0.187 e. The Morgan fingerprint density at radius 3 is 2.85 bits per heavy atom. The molecule has 26 heavy (non-hydrogen) atoms. The summed E-state index contributed by atoms with van der Waals surface area (Å²) in [5.41, 5.74) is 1.70. The van der Waals surface area contributed by atoms with Gasteiger partial charge < -0.3 is 24.4 Å². The summed E-state index contributed by atoms with van der Waals surface area (Å²) in [5.74, 6) is 2.14. The van der Waals surface area contributed by atoms with E-state index in [-0.39, 0.29) is 6.61 Å². The molecule has 0 unspecified atom stereocenters. The monoisotopic (exact) mass is 358 g/mol. The van der Waals surface area contributed by atoms with E-state index in [0.717, 1.165) is 43.3 Å². The fourth-order valence-corrected chi connectivity index (χ4v) is 3.79. The highest BCUT2D eigenvalue weighted by Crippen LogP contribution is 2.42. The molecule has 4 rings (SSSR count). The predicted molar refractivity (Wildman–Crippen MR) is 101 cm³/mol. The fourth-order valence-electron chi connectivity index (χ4n) is 3.79. The molecule has 7 heteroatoms. The first-order chi connectivity index (χ1) is 12.8. The molecule has 1 atom stereocenters. The molecule has 1 aromatic carbocycles. The third kappa shape index (κ3) is 3.41. The third-order valence-corrected chi connectivity index (χ3v) is 5.09. The number of fused-ring (bicyclic) bond motifs is 3. The molecule has 0 amide bonds. The Morgan fingerprint density at radius 2 is 2.04 bits per heavy atom. The fraction of sp³-hybridized carbons (Fsp3) is 0.579. The maximum atomic E-state index is 10.3. The minimum atomic E-state index is -0.521. The summed E-state index contributed by atoms with van der Waals surface area (Å²) < 4.78 is 11.4. The second-order valence-electron chi connectivity index (χ2n) is 6.96. The Morgan fingerprint density at radius 1 is 1.19 bits per heavy atom. The molecule has 0 bridgehead atoms. The number of rotatable bonds is 6. The van der Waals surface area contributed by atoms with Crippen molar-refractivity contribution < 1.29 is 14.6 Å². The molecule has 140 valence electrons. The zero-order chi connectivity index (χ0) is 17.9. The van der Waals surface area contributed by atoms with Gasteiger partial charge in [0.15, 0.2) is 11.5 Å². The highest BCUT2D eigenvalue weighted by Gasteiger charge is 2.27. The van der Waals surface area contributed by atoms with Gasteiger partial charge in [0.1, 0.15) is 24.2 Å². The Balaban J connectivity index is 1.45. The minimum Gasteiger partial charge on any atom is -0.491 e. The second-order valence-corrected chi connectivity index (χ2v) is 6.96. The number of likely N-dealkylation sites (tertiary alicyclic amines) is 1. The molecule has 0 spiro atoms. The molecule has 1 aromatic rings. The Bertz CT molecular complexity index is 713. The average Bonchev–Trinajstić information content (AvgIpc) is 3.15. The third-order valence-electron chi connectivity index (χ3n) is 5.09. The number of β-amino-alcohol motifs (C(OH)–C–C–N with tert-alkyl or cyclic N) is 1. The lowest BCUT2D eigenvalue weighted by Crippen LogP contribution is -2.38. The van der Waals surface area contributed by atoms with Crippen molar-refractivity contribution in [3.63, 3.8) is 0 Å². The molecule has 7 nitrogen and oxygen atoms in total. The van der Waals surface area contributed by atoms with Crippen LogP contribution >= 0.6 is 0 Å². The zero-order valence-electron chi connectivity index (χ0n) is 15.2. The van der Waals surface area contributed by atoms with E-state index in [1.807, 2.05) is 17.0 Å². The lowest BCUT2D eigenvalue weighted by atomic mass is 10.1. The topological polar surface area (TPSA) is 69.9 Å². The summed E-state index contributed by atoms with van der Waals surface area (Å²) in [4.78, 5) is 13.4. The Kier molecular flexibility index (Phi) is 5.08. The largest absolute Gasteiger partial charge is 0.491 e. The van der Waals surface area contributed by atoms with Crippen LogP contribution in [0, 0.1) is 0 Å². The van der Waals surface area contributed by atoms with Gasteiger partial charge in [-0.25, -0.2) is 4.99 Å². The van der Waals surface area contributed by atoms with Crippen LogP contribution in [0.4, 0.5) is 5.69 Å². The average molecular weight is 358 g/mol. The summed E-state index contributed by atoms with van der Waals surface area (Å²) in [6.45, 7) is 4.66. The van der Waals surface area contributed by atoms with Gasteiger partial charge in [-0.3, -0.25) is 4.99 Å². The van der Waals surface area contributed by atoms with E-state index < -0.39 is 6.10 Å². The van der Waals surface area contributed by atoms with Crippen molar-refractivity contribution in [1.82, 2.24) is 9.80 Å². The van der Waals surface area contributed by atoms with Crippen molar-refractivity contribution >= 4 is 17.9 Å². The number of benzene rings is 1. The van der Waals surface area contributed by atoms with Gasteiger partial charge >= 0.3 is 0 Å². The van der Waals surface area contributed by atoms with E-state index in [2.05, 4.69) is 14.9 Å². The number of aliphatic imine (C=N–C) groups is 2. The van der Waals surface area contributed by atoms with Gasteiger partial charge in [-0.15, -0.1) is 0 Å². The van der Waals surface area contributed by atoms with E-state index in [9.17, 15) is 5.11 Å². The SMILES string of the molecule is COc1c(OC[C@H](O)CN2CCCCC2)ccc2c1N=CN1CCN=C21. The van der Waals surface area contributed by atoms with Crippen LogP contribution in [0.3, 0.4) is 0 Å². The second kappa shape index (κ2) is 7.63. The van der Waals surface area contributed by atoms with Gasteiger partial charge in [0.05, 0.1) is 20.0 Å². The number of methoxy groups -OCH3 is 1. The van der Waals surface area contributed by atoms with Crippen molar-refractivity contribution in [2.75, 3.05) is 46.4 Å². The molecule has 1 fully saturated rings. The lowest BCUT2D eigenvalue weighted by molar-refractivity contribution is 0.0608. The van der Waals surface area contributed by atoms with Crippen LogP contribution in [-0.2, 0) is 0 Å². The molecule has 0 aliphatic carbocycles. The Hall–Kier alpha value is -2.12. The normalized spacial score (nSPS) is 20.4. The molecular formula is C19H26N4O3. The van der Waals surface area contributed by atoms with E-state index >= 15 is 0 Å². The molecule has 0 saturated carbocycles. The number of amidine groups is 1. The number of aliphatic hydroxyl groups is 1. The first kappa shape index (κ1) is 17.3. The predicted octanol–water partition coefficient (Wildman–Crippen LogP) is 1.66. The Labute approximate surface area is 153 Å². The van der Waals surface area contributed by atoms with Crippen molar-refractivity contribution in [3.05, 3.63) is 17.7 Å². The first-order valence-corrected chi connectivity index (χ1v) is 9.36. The highest BCUT2D eigenvalue weighted by atomic mass is 16.5. The molecule has 0 aromatic heterocycles. The molecule has 3 aliphatic rings. The van der Waals surface area contributed by atoms with Gasteiger partial charge in [0.2, 0.25) is 0 Å². The van der Waals surface area contributed by atoms with Crippen LogP contribution in [0.15, 0.2) is 22.1 Å². The molecule has 3 heterocycles. The van der Waals surface area contributed by atoms with Gasteiger partial charge in [0, 0.05) is 18.7 Å². The number of hydrogen-bond donors (Lipinski definition) is 1. The van der Waals surface area contributed by atoms with Crippen molar-refractivity contribution in [1.29, 1.82) is 0 Å². The summed E-state index contributed by atoms with van der Waals surface area (Å²) in [6.07, 6.45) is 4.99. The van der Waals surface area contributed by atoms with Gasteiger partial charge in [-0.2, -0.15) is 0 Å². The number of ether oxygens (including phenoxy) is 2. The van der Waals surface area contributed by atoms with E-state index in [4.69, 9.17) is 9.47 Å². The maximum absolute atomic E-state index is 10.3. The molecular weight excluding hydrogens is 332 g/mol.